The van der Waals surface area contributed by atoms with E-state index in [0.29, 0.717) is 5.56 Å². The summed E-state index contributed by atoms with van der Waals surface area (Å²) in [5.74, 6) is -0.356. The fourth-order valence-corrected chi connectivity index (χ4v) is 1.99. The summed E-state index contributed by atoms with van der Waals surface area (Å²) >= 11 is 5.11. The van der Waals surface area contributed by atoms with Crippen molar-refractivity contribution in [2.45, 2.75) is 13.3 Å². The Balaban J connectivity index is 1.85. The Morgan fingerprint density at radius 2 is 1.86 bits per heavy atom. The van der Waals surface area contributed by atoms with E-state index in [9.17, 15) is 9.90 Å². The fraction of sp³-hybridized carbons (Fsp3) is 0.125. The van der Waals surface area contributed by atoms with Crippen LogP contribution >= 0.6 is 12.2 Å². The number of hydrogen-bond donors (Lipinski definition) is 4. The molecule has 0 aliphatic rings. The van der Waals surface area contributed by atoms with Crippen LogP contribution < -0.4 is 16.2 Å². The second-order valence-corrected chi connectivity index (χ2v) is 5.04. The molecule has 0 heterocycles. The average Bonchev–Trinajstić information content (AvgIpc) is 2.53. The maximum absolute atomic E-state index is 11.9. The molecule has 0 saturated carbocycles. The third-order valence-electron chi connectivity index (χ3n) is 3.02. The summed E-state index contributed by atoms with van der Waals surface area (Å²) in [6.45, 7) is 2.09. The molecule has 22 heavy (non-hydrogen) atoms. The molecule has 0 bridgehead atoms. The van der Waals surface area contributed by atoms with E-state index in [2.05, 4.69) is 23.1 Å². The van der Waals surface area contributed by atoms with Crippen molar-refractivity contribution >= 4 is 28.9 Å². The van der Waals surface area contributed by atoms with Gasteiger partial charge < -0.3 is 10.4 Å². The first-order chi connectivity index (χ1) is 10.6. The molecule has 6 heteroatoms. The largest absolute Gasteiger partial charge is 0.508 e. The Bertz CT molecular complexity index is 671. The van der Waals surface area contributed by atoms with Crippen LogP contribution in [0.5, 0.6) is 5.75 Å². The van der Waals surface area contributed by atoms with Crippen LogP contribution in [0.4, 0.5) is 5.69 Å². The predicted molar refractivity (Wildman–Crippen MR) is 90.7 cm³/mol. The van der Waals surface area contributed by atoms with Gasteiger partial charge in [-0.2, -0.15) is 0 Å². The Morgan fingerprint density at radius 1 is 1.14 bits per heavy atom. The second kappa shape index (κ2) is 7.42. The minimum Gasteiger partial charge on any atom is -0.508 e. The zero-order valence-corrected chi connectivity index (χ0v) is 12.9. The van der Waals surface area contributed by atoms with E-state index >= 15 is 0 Å². The summed E-state index contributed by atoms with van der Waals surface area (Å²) in [7, 11) is 0. The smallest absolute Gasteiger partial charge is 0.269 e. The van der Waals surface area contributed by atoms with E-state index in [-0.39, 0.29) is 16.8 Å². The molecule has 0 aliphatic carbocycles. The summed E-state index contributed by atoms with van der Waals surface area (Å²) in [6.07, 6.45) is 0.975. The van der Waals surface area contributed by atoms with Crippen LogP contribution in [0, 0.1) is 0 Å². The molecule has 1 amide bonds. The zero-order chi connectivity index (χ0) is 15.9. The average molecular weight is 315 g/mol. The zero-order valence-electron chi connectivity index (χ0n) is 12.1. The monoisotopic (exact) mass is 315 g/mol. The number of anilines is 1. The lowest BCUT2D eigenvalue weighted by molar-refractivity contribution is 0.0944. The highest BCUT2D eigenvalue weighted by Crippen LogP contribution is 2.11. The minimum atomic E-state index is -0.388. The van der Waals surface area contributed by atoms with Gasteiger partial charge in [0.05, 0.1) is 0 Å². The number of amides is 1. The normalized spacial score (nSPS) is 9.86. The van der Waals surface area contributed by atoms with Crippen molar-refractivity contribution in [2.24, 2.45) is 0 Å². The van der Waals surface area contributed by atoms with Crippen molar-refractivity contribution in [3.63, 3.8) is 0 Å². The first-order valence-corrected chi connectivity index (χ1v) is 7.24. The van der Waals surface area contributed by atoms with Gasteiger partial charge in [-0.05, 0) is 54.5 Å². The molecule has 0 atom stereocenters. The lowest BCUT2D eigenvalue weighted by Gasteiger charge is -2.12. The summed E-state index contributed by atoms with van der Waals surface area (Å²) in [6, 6.07) is 13.9. The molecule has 0 aliphatic heterocycles. The third kappa shape index (κ3) is 4.46. The molecule has 0 spiro atoms. The molecule has 5 nitrogen and oxygen atoms in total. The standard InChI is InChI=1S/C16H17N3O2S/c1-2-11-6-8-13(9-7-11)17-16(22)19-18-15(21)12-4-3-5-14(20)10-12/h3-10,20H,2H2,1H3,(H,18,21)(H2,17,19,22). The van der Waals surface area contributed by atoms with Gasteiger partial charge in [-0.1, -0.05) is 25.1 Å². The van der Waals surface area contributed by atoms with Crippen molar-refractivity contribution in [3.8, 4) is 5.75 Å². The number of benzene rings is 2. The van der Waals surface area contributed by atoms with E-state index in [0.717, 1.165) is 12.1 Å². The van der Waals surface area contributed by atoms with Gasteiger partial charge in [-0.3, -0.25) is 15.6 Å². The maximum atomic E-state index is 11.9. The Labute approximate surface area is 134 Å². The number of hydrogen-bond acceptors (Lipinski definition) is 3. The molecule has 0 saturated heterocycles. The van der Waals surface area contributed by atoms with Crippen LogP contribution in [-0.4, -0.2) is 16.1 Å². The van der Waals surface area contributed by atoms with E-state index < -0.39 is 0 Å². The number of carbonyl (C=O) groups is 1. The molecule has 0 radical (unpaired) electrons. The SMILES string of the molecule is CCc1ccc(NC(=S)NNC(=O)c2cccc(O)c2)cc1. The lowest BCUT2D eigenvalue weighted by atomic mass is 10.1. The van der Waals surface area contributed by atoms with Gasteiger partial charge in [0.1, 0.15) is 5.75 Å². The molecule has 0 aromatic heterocycles. The van der Waals surface area contributed by atoms with Crippen LogP contribution in [-0.2, 0) is 6.42 Å². The Morgan fingerprint density at radius 3 is 2.50 bits per heavy atom. The number of nitrogens with one attached hydrogen (secondary N) is 3. The number of thiocarbonyl (C=S) groups is 1. The highest BCUT2D eigenvalue weighted by atomic mass is 32.1. The lowest BCUT2D eigenvalue weighted by Crippen LogP contribution is -2.43. The topological polar surface area (TPSA) is 73.4 Å². The number of hydrazine groups is 1. The third-order valence-corrected chi connectivity index (χ3v) is 3.22. The van der Waals surface area contributed by atoms with E-state index in [1.807, 2.05) is 24.3 Å². The minimum absolute atomic E-state index is 0.0318. The molecule has 4 N–H and O–H groups in total. The van der Waals surface area contributed by atoms with Crippen molar-refractivity contribution in [1.82, 2.24) is 10.9 Å². The number of phenols is 1. The highest BCUT2D eigenvalue weighted by molar-refractivity contribution is 7.80. The predicted octanol–water partition coefficient (Wildman–Crippen LogP) is 2.59. The summed E-state index contributed by atoms with van der Waals surface area (Å²) in [5.41, 5.74) is 7.49. The van der Waals surface area contributed by atoms with E-state index in [4.69, 9.17) is 12.2 Å². The van der Waals surface area contributed by atoms with Crippen molar-refractivity contribution in [2.75, 3.05) is 5.32 Å². The molecular formula is C16H17N3O2S. The summed E-state index contributed by atoms with van der Waals surface area (Å²) < 4.78 is 0. The van der Waals surface area contributed by atoms with Crippen LogP contribution in [0.2, 0.25) is 0 Å². The van der Waals surface area contributed by atoms with Gasteiger partial charge in [-0.25, -0.2) is 0 Å². The first kappa shape index (κ1) is 15.8. The molecule has 114 valence electrons. The fourth-order valence-electron chi connectivity index (χ4n) is 1.82. The summed E-state index contributed by atoms with van der Waals surface area (Å²) in [5, 5.41) is 12.6. The van der Waals surface area contributed by atoms with Crippen molar-refractivity contribution in [1.29, 1.82) is 0 Å². The Hall–Kier alpha value is -2.60. The van der Waals surface area contributed by atoms with Crippen LogP contribution in [0.25, 0.3) is 0 Å². The molecule has 2 aromatic carbocycles. The van der Waals surface area contributed by atoms with Gasteiger partial charge >= 0.3 is 0 Å². The van der Waals surface area contributed by atoms with Gasteiger partial charge in [0.15, 0.2) is 5.11 Å². The highest BCUT2D eigenvalue weighted by Gasteiger charge is 2.06. The van der Waals surface area contributed by atoms with Crippen molar-refractivity contribution in [3.05, 3.63) is 59.7 Å². The quantitative estimate of drug-likeness (QED) is 0.517. The maximum Gasteiger partial charge on any atom is 0.269 e. The van der Waals surface area contributed by atoms with Gasteiger partial charge in [0, 0.05) is 11.3 Å². The number of aryl methyl sites for hydroxylation is 1. The van der Waals surface area contributed by atoms with Crippen LogP contribution in [0.3, 0.4) is 0 Å². The molecule has 0 unspecified atom stereocenters. The first-order valence-electron chi connectivity index (χ1n) is 6.84. The number of carbonyl (C=O) groups excluding carboxylic acids is 1. The molecule has 0 fully saturated rings. The van der Waals surface area contributed by atoms with Crippen LogP contribution in [0.15, 0.2) is 48.5 Å². The number of rotatable bonds is 3. The second-order valence-electron chi connectivity index (χ2n) is 4.63. The summed E-state index contributed by atoms with van der Waals surface area (Å²) in [4.78, 5) is 11.9. The van der Waals surface area contributed by atoms with Crippen molar-refractivity contribution < 1.29 is 9.90 Å². The van der Waals surface area contributed by atoms with E-state index in [1.54, 1.807) is 12.1 Å². The van der Waals surface area contributed by atoms with Crippen LogP contribution in [0.1, 0.15) is 22.8 Å². The van der Waals surface area contributed by atoms with Gasteiger partial charge in [-0.15, -0.1) is 0 Å². The van der Waals surface area contributed by atoms with Gasteiger partial charge in [0.25, 0.3) is 5.91 Å². The number of phenolic OH excluding ortho intramolecular Hbond substituents is 1. The van der Waals surface area contributed by atoms with E-state index in [1.165, 1.54) is 17.7 Å². The molecule has 2 aromatic rings. The Kier molecular flexibility index (Phi) is 5.32. The van der Waals surface area contributed by atoms with Gasteiger partial charge in [0.2, 0.25) is 0 Å². The molecule has 2 rings (SSSR count). The number of aromatic hydroxyl groups is 1. The molecular weight excluding hydrogens is 298 g/mol.